The predicted molar refractivity (Wildman–Crippen MR) is 104 cm³/mol. The lowest BCUT2D eigenvalue weighted by molar-refractivity contribution is -0.120. The molecule has 3 rings (SSSR count). The Morgan fingerprint density at radius 1 is 1.36 bits per heavy atom. The van der Waals surface area contributed by atoms with Crippen LogP contribution in [0.5, 0.6) is 5.75 Å². The summed E-state index contributed by atoms with van der Waals surface area (Å²) in [5, 5.41) is 2.40. The van der Waals surface area contributed by atoms with E-state index in [9.17, 15) is 17.6 Å². The number of nitrogen functional groups attached to an aromatic ring is 1. The van der Waals surface area contributed by atoms with E-state index in [1.54, 1.807) is 19.1 Å². The molecule has 10 heteroatoms. The minimum Gasteiger partial charge on any atom is -0.484 e. The standard InChI is InChI=1S/C18H19ClFN3O4S/c1-10(22-11(2)24)18-9-23(16-7-12(21)3-6-17(16)27-18)28(25,26)13-4-5-15(20)14(19)8-13/h3-8,10,18H,9,21H2,1-2H3,(H,22,24)/t10-,18?/m1/s1. The van der Waals surface area contributed by atoms with Crippen molar-refractivity contribution in [3.63, 3.8) is 0 Å². The summed E-state index contributed by atoms with van der Waals surface area (Å²) in [5.74, 6) is -0.678. The van der Waals surface area contributed by atoms with Gasteiger partial charge in [-0.1, -0.05) is 11.6 Å². The van der Waals surface area contributed by atoms with Gasteiger partial charge >= 0.3 is 0 Å². The molecule has 28 heavy (non-hydrogen) atoms. The van der Waals surface area contributed by atoms with Gasteiger partial charge in [0.1, 0.15) is 17.7 Å². The predicted octanol–water partition coefficient (Wildman–Crippen LogP) is 2.54. The normalized spacial score (nSPS) is 17.4. The molecule has 1 unspecified atom stereocenters. The first-order valence-electron chi connectivity index (χ1n) is 8.40. The van der Waals surface area contributed by atoms with Gasteiger partial charge in [-0.2, -0.15) is 0 Å². The Labute approximate surface area is 167 Å². The first kappa shape index (κ1) is 20.2. The molecule has 7 nitrogen and oxygen atoms in total. The van der Waals surface area contributed by atoms with Crippen LogP contribution >= 0.6 is 11.6 Å². The number of amides is 1. The summed E-state index contributed by atoms with van der Waals surface area (Å²) < 4.78 is 47.1. The SMILES string of the molecule is CC(=O)N[C@H](C)C1CN(S(=O)(=O)c2ccc(F)c(Cl)c2)c2cc(N)ccc2O1. The molecule has 0 saturated carbocycles. The highest BCUT2D eigenvalue weighted by molar-refractivity contribution is 7.92. The van der Waals surface area contributed by atoms with E-state index in [2.05, 4.69) is 5.32 Å². The molecule has 0 saturated heterocycles. The fraction of sp³-hybridized carbons (Fsp3) is 0.278. The van der Waals surface area contributed by atoms with Gasteiger partial charge < -0.3 is 15.8 Å². The Kier molecular flexibility index (Phi) is 5.40. The summed E-state index contributed by atoms with van der Waals surface area (Å²) in [6, 6.07) is 7.37. The molecule has 2 aromatic carbocycles. The van der Waals surface area contributed by atoms with Crippen LogP contribution in [0.15, 0.2) is 41.3 Å². The molecular weight excluding hydrogens is 409 g/mol. The first-order chi connectivity index (χ1) is 13.1. The van der Waals surface area contributed by atoms with Gasteiger partial charge in [-0.25, -0.2) is 12.8 Å². The van der Waals surface area contributed by atoms with Gasteiger partial charge in [0, 0.05) is 12.6 Å². The summed E-state index contributed by atoms with van der Waals surface area (Å²) in [6.45, 7) is 3.01. The van der Waals surface area contributed by atoms with E-state index in [0.29, 0.717) is 11.4 Å². The molecule has 150 valence electrons. The molecule has 1 heterocycles. The van der Waals surface area contributed by atoms with Crippen LogP contribution in [-0.2, 0) is 14.8 Å². The van der Waals surface area contributed by atoms with Crippen LogP contribution in [0.1, 0.15) is 13.8 Å². The van der Waals surface area contributed by atoms with Crippen LogP contribution in [0.3, 0.4) is 0 Å². The summed E-state index contributed by atoms with van der Waals surface area (Å²) in [5.41, 5.74) is 6.44. The van der Waals surface area contributed by atoms with Crippen molar-refractivity contribution in [2.45, 2.75) is 30.9 Å². The second-order valence-corrected chi connectivity index (χ2v) is 8.75. The lowest BCUT2D eigenvalue weighted by Gasteiger charge is -2.38. The lowest BCUT2D eigenvalue weighted by Crippen LogP contribution is -2.52. The number of benzene rings is 2. The third-order valence-electron chi connectivity index (χ3n) is 4.34. The summed E-state index contributed by atoms with van der Waals surface area (Å²) in [4.78, 5) is 11.2. The summed E-state index contributed by atoms with van der Waals surface area (Å²) in [6.07, 6.45) is -0.647. The number of carbonyl (C=O) groups is 1. The lowest BCUT2D eigenvalue weighted by atomic mass is 10.1. The molecule has 2 atom stereocenters. The van der Waals surface area contributed by atoms with Gasteiger partial charge in [0.05, 0.1) is 28.2 Å². The molecule has 1 amide bonds. The number of hydrogen-bond donors (Lipinski definition) is 2. The Morgan fingerprint density at radius 3 is 2.71 bits per heavy atom. The Balaban J connectivity index is 2.07. The number of ether oxygens (including phenoxy) is 1. The number of fused-ring (bicyclic) bond motifs is 1. The molecule has 0 radical (unpaired) electrons. The van der Waals surface area contributed by atoms with Crippen molar-refractivity contribution in [2.75, 3.05) is 16.6 Å². The van der Waals surface area contributed by atoms with Crippen molar-refractivity contribution in [3.05, 3.63) is 47.2 Å². The van der Waals surface area contributed by atoms with Crippen molar-refractivity contribution >= 4 is 38.9 Å². The number of nitrogens with one attached hydrogen (secondary N) is 1. The molecule has 0 aromatic heterocycles. The van der Waals surface area contributed by atoms with Crippen LogP contribution in [0.4, 0.5) is 15.8 Å². The minimum absolute atomic E-state index is 0.0742. The molecule has 0 fully saturated rings. The monoisotopic (exact) mass is 427 g/mol. The van der Waals surface area contributed by atoms with Gasteiger partial charge in [-0.05, 0) is 43.3 Å². The van der Waals surface area contributed by atoms with Crippen molar-refractivity contribution in [1.82, 2.24) is 5.32 Å². The number of nitrogens with zero attached hydrogens (tertiary/aromatic N) is 1. The van der Waals surface area contributed by atoms with Crippen LogP contribution in [-0.4, -0.2) is 33.0 Å². The van der Waals surface area contributed by atoms with E-state index >= 15 is 0 Å². The number of hydrogen-bond acceptors (Lipinski definition) is 5. The van der Waals surface area contributed by atoms with Crippen molar-refractivity contribution in [2.24, 2.45) is 0 Å². The van der Waals surface area contributed by atoms with Gasteiger partial charge in [-0.3, -0.25) is 9.10 Å². The Hall–Kier alpha value is -2.52. The van der Waals surface area contributed by atoms with Gasteiger partial charge in [0.2, 0.25) is 5.91 Å². The largest absolute Gasteiger partial charge is 0.484 e. The number of sulfonamides is 1. The quantitative estimate of drug-likeness (QED) is 0.730. The molecule has 0 aliphatic carbocycles. The van der Waals surface area contributed by atoms with Gasteiger partial charge in [0.25, 0.3) is 10.0 Å². The number of halogens is 2. The maximum atomic E-state index is 13.5. The number of carbonyl (C=O) groups excluding carboxylic acids is 1. The van der Waals surface area contributed by atoms with Gasteiger partial charge in [0.15, 0.2) is 0 Å². The van der Waals surface area contributed by atoms with Crippen LogP contribution in [0.2, 0.25) is 5.02 Å². The summed E-state index contributed by atoms with van der Waals surface area (Å²) in [7, 11) is -4.09. The topological polar surface area (TPSA) is 102 Å². The maximum Gasteiger partial charge on any atom is 0.264 e. The maximum absolute atomic E-state index is 13.5. The Bertz CT molecular complexity index is 1030. The Morgan fingerprint density at radius 2 is 2.07 bits per heavy atom. The van der Waals surface area contributed by atoms with E-state index < -0.39 is 28.0 Å². The van der Waals surface area contributed by atoms with E-state index in [4.69, 9.17) is 22.1 Å². The number of rotatable bonds is 4. The van der Waals surface area contributed by atoms with Crippen LogP contribution < -0.4 is 20.1 Å². The molecule has 3 N–H and O–H groups in total. The van der Waals surface area contributed by atoms with Crippen molar-refractivity contribution in [1.29, 1.82) is 0 Å². The van der Waals surface area contributed by atoms with Crippen LogP contribution in [0.25, 0.3) is 0 Å². The van der Waals surface area contributed by atoms with Crippen molar-refractivity contribution < 1.29 is 22.3 Å². The van der Waals surface area contributed by atoms with Crippen molar-refractivity contribution in [3.8, 4) is 5.75 Å². The average molecular weight is 428 g/mol. The molecule has 0 spiro atoms. The molecule has 0 bridgehead atoms. The van der Waals surface area contributed by atoms with E-state index in [-0.39, 0.29) is 28.1 Å². The minimum atomic E-state index is -4.09. The molecular formula is C18H19ClFN3O4S. The molecule has 1 aliphatic rings. The fourth-order valence-electron chi connectivity index (χ4n) is 2.96. The highest BCUT2D eigenvalue weighted by Crippen LogP contribution is 2.39. The zero-order chi connectivity index (χ0) is 20.6. The van der Waals surface area contributed by atoms with Crippen LogP contribution in [0, 0.1) is 5.82 Å². The number of anilines is 2. The van der Waals surface area contributed by atoms with E-state index in [1.165, 1.54) is 13.0 Å². The highest BCUT2D eigenvalue weighted by Gasteiger charge is 2.37. The van der Waals surface area contributed by atoms with E-state index in [1.807, 2.05) is 0 Å². The second kappa shape index (κ2) is 7.48. The third-order valence-corrected chi connectivity index (χ3v) is 6.41. The average Bonchev–Trinajstić information content (AvgIpc) is 2.62. The van der Waals surface area contributed by atoms with E-state index in [0.717, 1.165) is 22.5 Å². The first-order valence-corrected chi connectivity index (χ1v) is 10.2. The highest BCUT2D eigenvalue weighted by atomic mass is 35.5. The van der Waals surface area contributed by atoms with Gasteiger partial charge in [-0.15, -0.1) is 0 Å². The molecule has 2 aromatic rings. The molecule has 1 aliphatic heterocycles. The summed E-state index contributed by atoms with van der Waals surface area (Å²) >= 11 is 5.77. The third kappa shape index (κ3) is 3.85. The fourth-order valence-corrected chi connectivity index (χ4v) is 4.71. The second-order valence-electron chi connectivity index (χ2n) is 6.48. The zero-order valence-corrected chi connectivity index (χ0v) is 16.7. The smallest absolute Gasteiger partial charge is 0.264 e. The zero-order valence-electron chi connectivity index (χ0n) is 15.1. The number of nitrogens with two attached hydrogens (primary N) is 1.